The summed E-state index contributed by atoms with van der Waals surface area (Å²) in [5, 5.41) is 2.64. The number of rotatable bonds is 3. The molecule has 1 saturated carbocycles. The predicted octanol–water partition coefficient (Wildman–Crippen LogP) is 2.55. The number of carbonyl (C=O) groups is 1. The Hall–Kier alpha value is -1.13. The molecule has 0 spiro atoms. The second-order valence-corrected chi connectivity index (χ2v) is 5.05. The Bertz CT molecular complexity index is 458. The Labute approximate surface area is 104 Å². The average Bonchev–Trinajstić information content (AvgIpc) is 3.07. The van der Waals surface area contributed by atoms with Gasteiger partial charge >= 0.3 is 0 Å². The molecular weight excluding hydrogens is 243 g/mol. The minimum Gasteiger partial charge on any atom is -0.324 e. The highest BCUT2D eigenvalue weighted by atomic mass is 35.5. The summed E-state index contributed by atoms with van der Waals surface area (Å²) in [6.07, 6.45) is 1.95. The molecule has 0 aromatic heterocycles. The number of hydrogen-bond donors (Lipinski definition) is 2. The minimum atomic E-state index is -0.874. The van der Waals surface area contributed by atoms with Crippen LogP contribution >= 0.6 is 11.6 Å². The number of amides is 1. The standard InChI is InChI=1S/C12H14ClFN2O/c1-12(15,7-2-3-7)11(17)16-8-4-5-10(14)9(13)6-8/h4-7H,2-3,15H2,1H3,(H,16,17). The van der Waals surface area contributed by atoms with Gasteiger partial charge in [0.05, 0.1) is 10.6 Å². The summed E-state index contributed by atoms with van der Waals surface area (Å²) < 4.78 is 12.9. The molecule has 1 aliphatic rings. The van der Waals surface area contributed by atoms with Crippen LogP contribution in [0.3, 0.4) is 0 Å². The molecule has 1 aromatic carbocycles. The molecule has 1 aromatic rings. The van der Waals surface area contributed by atoms with Crippen molar-refractivity contribution in [3.8, 4) is 0 Å². The molecule has 1 fully saturated rings. The number of nitrogens with two attached hydrogens (primary N) is 1. The summed E-state index contributed by atoms with van der Waals surface area (Å²) in [6, 6.07) is 4.04. The fourth-order valence-electron chi connectivity index (χ4n) is 1.71. The first-order chi connectivity index (χ1) is 7.91. The zero-order valence-corrected chi connectivity index (χ0v) is 10.2. The van der Waals surface area contributed by atoms with E-state index >= 15 is 0 Å². The first-order valence-electron chi connectivity index (χ1n) is 5.46. The Kier molecular flexibility index (Phi) is 3.10. The molecule has 17 heavy (non-hydrogen) atoms. The molecule has 0 saturated heterocycles. The molecule has 1 unspecified atom stereocenters. The van der Waals surface area contributed by atoms with E-state index in [0.717, 1.165) is 12.8 Å². The number of nitrogens with one attached hydrogen (secondary N) is 1. The summed E-state index contributed by atoms with van der Waals surface area (Å²) in [6.45, 7) is 1.71. The van der Waals surface area contributed by atoms with Gasteiger partial charge in [-0.15, -0.1) is 0 Å². The van der Waals surface area contributed by atoms with Crippen molar-refractivity contribution in [1.82, 2.24) is 0 Å². The molecule has 2 rings (SSSR count). The van der Waals surface area contributed by atoms with Crippen LogP contribution in [0, 0.1) is 11.7 Å². The molecule has 0 radical (unpaired) electrons. The average molecular weight is 257 g/mol. The number of hydrogen-bond acceptors (Lipinski definition) is 2. The SMILES string of the molecule is CC(N)(C(=O)Nc1ccc(F)c(Cl)c1)C1CC1. The molecule has 5 heteroatoms. The van der Waals surface area contributed by atoms with Crippen LogP contribution in [0.25, 0.3) is 0 Å². The molecule has 3 nitrogen and oxygen atoms in total. The maximum Gasteiger partial charge on any atom is 0.244 e. The molecule has 0 aliphatic heterocycles. The van der Waals surface area contributed by atoms with E-state index < -0.39 is 11.4 Å². The van der Waals surface area contributed by atoms with E-state index in [-0.39, 0.29) is 16.8 Å². The lowest BCUT2D eigenvalue weighted by molar-refractivity contribution is -0.121. The zero-order chi connectivity index (χ0) is 12.6. The van der Waals surface area contributed by atoms with E-state index in [4.69, 9.17) is 17.3 Å². The number of benzene rings is 1. The van der Waals surface area contributed by atoms with Crippen LogP contribution in [0.5, 0.6) is 0 Å². The summed E-state index contributed by atoms with van der Waals surface area (Å²) in [5.41, 5.74) is 5.55. The molecule has 3 N–H and O–H groups in total. The summed E-state index contributed by atoms with van der Waals surface area (Å²) in [5.74, 6) is -0.538. The summed E-state index contributed by atoms with van der Waals surface area (Å²) in [4.78, 5) is 11.9. The van der Waals surface area contributed by atoms with E-state index in [0.29, 0.717) is 5.69 Å². The smallest absolute Gasteiger partial charge is 0.244 e. The topological polar surface area (TPSA) is 55.1 Å². The highest BCUT2D eigenvalue weighted by Crippen LogP contribution is 2.38. The van der Waals surface area contributed by atoms with E-state index in [1.54, 1.807) is 6.92 Å². The second-order valence-electron chi connectivity index (χ2n) is 4.64. The van der Waals surface area contributed by atoms with Crippen LogP contribution in [-0.4, -0.2) is 11.4 Å². The largest absolute Gasteiger partial charge is 0.324 e. The molecule has 92 valence electrons. The van der Waals surface area contributed by atoms with Crippen molar-refractivity contribution in [3.05, 3.63) is 29.0 Å². The van der Waals surface area contributed by atoms with Crippen molar-refractivity contribution in [2.75, 3.05) is 5.32 Å². The van der Waals surface area contributed by atoms with Crippen molar-refractivity contribution in [2.24, 2.45) is 11.7 Å². The Balaban J connectivity index is 2.10. The third-order valence-electron chi connectivity index (χ3n) is 3.09. The zero-order valence-electron chi connectivity index (χ0n) is 9.47. The van der Waals surface area contributed by atoms with Gasteiger partial charge in [-0.3, -0.25) is 4.79 Å². The van der Waals surface area contributed by atoms with E-state index in [2.05, 4.69) is 5.32 Å². The van der Waals surface area contributed by atoms with Gasteiger partial charge in [0.2, 0.25) is 5.91 Å². The quantitative estimate of drug-likeness (QED) is 0.873. The first kappa shape index (κ1) is 12.3. The molecule has 1 amide bonds. The van der Waals surface area contributed by atoms with Crippen molar-refractivity contribution >= 4 is 23.2 Å². The molecule has 1 aliphatic carbocycles. The normalized spacial score (nSPS) is 18.6. The fourth-order valence-corrected chi connectivity index (χ4v) is 1.89. The first-order valence-corrected chi connectivity index (χ1v) is 5.84. The lowest BCUT2D eigenvalue weighted by Gasteiger charge is -2.23. The van der Waals surface area contributed by atoms with Gasteiger partial charge in [-0.25, -0.2) is 4.39 Å². The van der Waals surface area contributed by atoms with Crippen LogP contribution in [0.1, 0.15) is 19.8 Å². The van der Waals surface area contributed by atoms with Gasteiger partial charge < -0.3 is 11.1 Å². The van der Waals surface area contributed by atoms with Crippen LogP contribution < -0.4 is 11.1 Å². The van der Waals surface area contributed by atoms with Gasteiger partial charge in [-0.1, -0.05) is 11.6 Å². The van der Waals surface area contributed by atoms with Crippen LogP contribution in [0.15, 0.2) is 18.2 Å². The van der Waals surface area contributed by atoms with E-state index in [9.17, 15) is 9.18 Å². The lowest BCUT2D eigenvalue weighted by Crippen LogP contribution is -2.50. The van der Waals surface area contributed by atoms with Gasteiger partial charge in [0.15, 0.2) is 0 Å². The van der Waals surface area contributed by atoms with Crippen molar-refractivity contribution in [2.45, 2.75) is 25.3 Å². The number of halogens is 2. The Morgan fingerprint density at radius 2 is 2.24 bits per heavy atom. The van der Waals surface area contributed by atoms with E-state index in [1.165, 1.54) is 18.2 Å². The Morgan fingerprint density at radius 1 is 1.59 bits per heavy atom. The van der Waals surface area contributed by atoms with Gasteiger partial charge in [0.1, 0.15) is 5.82 Å². The van der Waals surface area contributed by atoms with Crippen LogP contribution in [0.4, 0.5) is 10.1 Å². The highest BCUT2D eigenvalue weighted by Gasteiger charge is 2.44. The van der Waals surface area contributed by atoms with Crippen molar-refractivity contribution in [1.29, 1.82) is 0 Å². The van der Waals surface area contributed by atoms with Crippen molar-refractivity contribution < 1.29 is 9.18 Å². The lowest BCUT2D eigenvalue weighted by atomic mass is 9.96. The van der Waals surface area contributed by atoms with Gasteiger partial charge in [-0.05, 0) is 43.9 Å². The highest BCUT2D eigenvalue weighted by molar-refractivity contribution is 6.31. The summed E-state index contributed by atoms with van der Waals surface area (Å²) >= 11 is 5.63. The number of carbonyl (C=O) groups excluding carboxylic acids is 1. The molecule has 1 atom stereocenters. The fraction of sp³-hybridized carbons (Fsp3) is 0.417. The third kappa shape index (κ3) is 2.58. The van der Waals surface area contributed by atoms with E-state index in [1.807, 2.05) is 0 Å². The van der Waals surface area contributed by atoms with Crippen LogP contribution in [0.2, 0.25) is 5.02 Å². The minimum absolute atomic E-state index is 0.0204. The maximum absolute atomic E-state index is 12.9. The van der Waals surface area contributed by atoms with Gasteiger partial charge in [-0.2, -0.15) is 0 Å². The monoisotopic (exact) mass is 256 g/mol. The molecule has 0 bridgehead atoms. The Morgan fingerprint density at radius 3 is 2.76 bits per heavy atom. The molecular formula is C12H14ClFN2O. The number of anilines is 1. The molecule has 0 heterocycles. The van der Waals surface area contributed by atoms with Crippen molar-refractivity contribution in [3.63, 3.8) is 0 Å². The van der Waals surface area contributed by atoms with Gasteiger partial charge in [0, 0.05) is 5.69 Å². The summed E-state index contributed by atoms with van der Waals surface area (Å²) in [7, 11) is 0. The van der Waals surface area contributed by atoms with Gasteiger partial charge in [0.25, 0.3) is 0 Å². The predicted molar refractivity (Wildman–Crippen MR) is 65.4 cm³/mol. The second kappa shape index (κ2) is 4.27. The van der Waals surface area contributed by atoms with Crippen LogP contribution in [-0.2, 0) is 4.79 Å². The third-order valence-corrected chi connectivity index (χ3v) is 3.38. The maximum atomic E-state index is 12.9.